The van der Waals surface area contributed by atoms with Gasteiger partial charge in [0, 0.05) is 12.1 Å². The lowest BCUT2D eigenvalue weighted by Crippen LogP contribution is -2.28. The van der Waals surface area contributed by atoms with Gasteiger partial charge < -0.3 is 15.1 Å². The minimum Gasteiger partial charge on any atom is -0.463 e. The largest absolute Gasteiger partial charge is 0.463 e. The van der Waals surface area contributed by atoms with Crippen LogP contribution in [0, 0.1) is 0 Å². The second kappa shape index (κ2) is 7.80. The summed E-state index contributed by atoms with van der Waals surface area (Å²) in [6.07, 6.45) is 1.61. The molecule has 3 rings (SSSR count). The number of anilines is 1. The van der Waals surface area contributed by atoms with Crippen molar-refractivity contribution >= 4 is 40.1 Å². The van der Waals surface area contributed by atoms with Crippen LogP contribution < -0.4 is 10.6 Å². The lowest BCUT2D eigenvalue weighted by Gasteiger charge is -2.06. The van der Waals surface area contributed by atoms with E-state index in [1.54, 1.807) is 37.5 Å². The highest BCUT2D eigenvalue weighted by atomic mass is 32.2. The molecule has 2 amide bonds. The number of nitrogens with zero attached hydrogens (tertiary/aromatic N) is 2. The number of nitrogens with one attached hydrogen (secondary N) is 2. The molecule has 1 aromatic carbocycles. The van der Waals surface area contributed by atoms with Gasteiger partial charge in [0.15, 0.2) is 5.17 Å². The topological polar surface area (TPSA) is 96.1 Å². The molecule has 2 N–H and O–H groups in total. The number of furan rings is 1. The molecule has 2 heterocycles. The fraction of sp³-hybridized carbons (Fsp3) is 0.176. The lowest BCUT2D eigenvalue weighted by atomic mass is 10.2. The van der Waals surface area contributed by atoms with Gasteiger partial charge in [-0.05, 0) is 31.2 Å². The summed E-state index contributed by atoms with van der Waals surface area (Å²) in [7, 11) is 0. The highest BCUT2D eigenvalue weighted by molar-refractivity contribution is 8.15. The number of amidine groups is 1. The summed E-state index contributed by atoms with van der Waals surface area (Å²) in [6, 6.07) is 12.6. The van der Waals surface area contributed by atoms with Crippen LogP contribution >= 0.6 is 11.8 Å². The summed E-state index contributed by atoms with van der Waals surface area (Å²) in [5.41, 5.74) is 1.29. The maximum Gasteiger partial charge on any atom is 0.240 e. The molecule has 1 aliphatic rings. The van der Waals surface area contributed by atoms with E-state index in [2.05, 4.69) is 20.8 Å². The molecule has 1 unspecified atom stereocenters. The molecule has 0 radical (unpaired) electrons. The predicted molar refractivity (Wildman–Crippen MR) is 97.6 cm³/mol. The van der Waals surface area contributed by atoms with E-state index in [1.807, 2.05) is 18.2 Å². The van der Waals surface area contributed by atoms with Crippen molar-refractivity contribution in [3.8, 4) is 0 Å². The average molecular weight is 356 g/mol. The van der Waals surface area contributed by atoms with E-state index in [0.29, 0.717) is 22.3 Å². The van der Waals surface area contributed by atoms with Gasteiger partial charge in [-0.25, -0.2) is 0 Å². The van der Waals surface area contributed by atoms with Gasteiger partial charge in [-0.1, -0.05) is 30.0 Å². The summed E-state index contributed by atoms with van der Waals surface area (Å²) in [5.74, 6) is 0.130. The third-order valence-corrected chi connectivity index (χ3v) is 4.45. The maximum absolute atomic E-state index is 12.1. The maximum atomic E-state index is 12.1. The first-order chi connectivity index (χ1) is 12.1. The quantitative estimate of drug-likeness (QED) is 0.636. The van der Waals surface area contributed by atoms with Crippen LogP contribution in [-0.4, -0.2) is 27.9 Å². The van der Waals surface area contributed by atoms with Gasteiger partial charge in [0.25, 0.3) is 0 Å². The molecule has 1 fully saturated rings. The number of hydrogen-bond acceptors (Lipinski definition) is 6. The van der Waals surface area contributed by atoms with Crippen molar-refractivity contribution in [2.75, 3.05) is 5.32 Å². The molecule has 128 valence electrons. The number of carbonyl (C=O) groups excluding carboxylic acids is 2. The van der Waals surface area contributed by atoms with Crippen LogP contribution in [0.15, 0.2) is 63.3 Å². The van der Waals surface area contributed by atoms with E-state index in [0.717, 1.165) is 0 Å². The standard InChI is InChI=1S/C17H16N4O3S/c1-11(13-8-5-9-24-13)20-21-17-19-16(23)14(25-17)10-15(22)18-12-6-3-2-4-7-12/h2-9,14H,10H2,1H3,(H,18,22)(H,19,21,23)/b20-11+. The van der Waals surface area contributed by atoms with Gasteiger partial charge in [0.2, 0.25) is 11.8 Å². The van der Waals surface area contributed by atoms with Crippen molar-refractivity contribution in [2.45, 2.75) is 18.6 Å². The first kappa shape index (κ1) is 17.0. The molecule has 8 heteroatoms. The van der Waals surface area contributed by atoms with Gasteiger partial charge in [-0.2, -0.15) is 0 Å². The van der Waals surface area contributed by atoms with E-state index in [1.165, 1.54) is 11.8 Å². The number of benzene rings is 1. The Bertz CT molecular complexity index is 816. The summed E-state index contributed by atoms with van der Waals surface area (Å²) in [4.78, 5) is 24.0. The Morgan fingerprint density at radius 3 is 2.80 bits per heavy atom. The van der Waals surface area contributed by atoms with Crippen LogP contribution in [0.4, 0.5) is 5.69 Å². The van der Waals surface area contributed by atoms with Crippen molar-refractivity contribution in [1.29, 1.82) is 0 Å². The smallest absolute Gasteiger partial charge is 0.240 e. The Balaban J connectivity index is 1.58. The number of amides is 2. The molecule has 0 aliphatic carbocycles. The molecule has 1 atom stereocenters. The van der Waals surface area contributed by atoms with Crippen LogP contribution in [-0.2, 0) is 9.59 Å². The molecular weight excluding hydrogens is 340 g/mol. The zero-order chi connectivity index (χ0) is 17.6. The molecule has 1 aliphatic heterocycles. The molecule has 2 aromatic rings. The monoisotopic (exact) mass is 356 g/mol. The third-order valence-electron chi connectivity index (χ3n) is 3.37. The van der Waals surface area contributed by atoms with Crippen molar-refractivity contribution < 1.29 is 14.0 Å². The Morgan fingerprint density at radius 1 is 1.28 bits per heavy atom. The molecule has 7 nitrogen and oxygen atoms in total. The normalized spacial score (nSPS) is 19.1. The highest BCUT2D eigenvalue weighted by Crippen LogP contribution is 2.23. The number of para-hydroxylation sites is 1. The van der Waals surface area contributed by atoms with E-state index >= 15 is 0 Å². The zero-order valence-corrected chi connectivity index (χ0v) is 14.2. The van der Waals surface area contributed by atoms with Crippen LogP contribution in [0.2, 0.25) is 0 Å². The molecule has 1 saturated heterocycles. The Labute approximate surface area is 148 Å². The minimum absolute atomic E-state index is 0.0608. The van der Waals surface area contributed by atoms with E-state index in [4.69, 9.17) is 4.42 Å². The third kappa shape index (κ3) is 4.57. The zero-order valence-electron chi connectivity index (χ0n) is 13.4. The average Bonchev–Trinajstić information content (AvgIpc) is 3.24. The van der Waals surface area contributed by atoms with Gasteiger partial charge in [0.05, 0.1) is 6.26 Å². The van der Waals surface area contributed by atoms with Gasteiger partial charge in [-0.15, -0.1) is 10.2 Å². The van der Waals surface area contributed by atoms with Gasteiger partial charge in [0.1, 0.15) is 16.7 Å². The summed E-state index contributed by atoms with van der Waals surface area (Å²) >= 11 is 1.19. The highest BCUT2D eigenvalue weighted by Gasteiger charge is 2.32. The Kier molecular flexibility index (Phi) is 5.30. The van der Waals surface area contributed by atoms with Crippen molar-refractivity contribution in [3.05, 3.63) is 54.5 Å². The summed E-state index contributed by atoms with van der Waals surface area (Å²) < 4.78 is 5.21. The lowest BCUT2D eigenvalue weighted by molar-refractivity contribution is -0.122. The van der Waals surface area contributed by atoms with Crippen molar-refractivity contribution in [2.24, 2.45) is 10.2 Å². The Hall–Kier alpha value is -2.87. The SMILES string of the molecule is C/C(=N\N=C1\NC(=O)C(CC(=O)Nc2ccccc2)S1)c1ccco1. The summed E-state index contributed by atoms with van der Waals surface area (Å²) in [5, 5.41) is 13.3. The fourth-order valence-electron chi connectivity index (χ4n) is 2.14. The molecule has 0 bridgehead atoms. The first-order valence-electron chi connectivity index (χ1n) is 7.60. The van der Waals surface area contributed by atoms with E-state index < -0.39 is 5.25 Å². The molecule has 0 saturated carbocycles. The summed E-state index contributed by atoms with van der Waals surface area (Å²) in [6.45, 7) is 1.76. The molecule has 1 aromatic heterocycles. The van der Waals surface area contributed by atoms with Crippen LogP contribution in [0.25, 0.3) is 0 Å². The second-order valence-corrected chi connectivity index (χ2v) is 6.47. The van der Waals surface area contributed by atoms with Crippen LogP contribution in [0.3, 0.4) is 0 Å². The van der Waals surface area contributed by atoms with Crippen molar-refractivity contribution in [1.82, 2.24) is 5.32 Å². The van der Waals surface area contributed by atoms with Crippen molar-refractivity contribution in [3.63, 3.8) is 0 Å². The van der Waals surface area contributed by atoms with E-state index in [-0.39, 0.29) is 18.2 Å². The van der Waals surface area contributed by atoms with E-state index in [9.17, 15) is 9.59 Å². The molecular formula is C17H16N4O3S. The first-order valence-corrected chi connectivity index (χ1v) is 8.48. The number of hydrogen-bond donors (Lipinski definition) is 2. The number of thioether (sulfide) groups is 1. The fourth-order valence-corrected chi connectivity index (χ4v) is 3.06. The Morgan fingerprint density at radius 2 is 2.08 bits per heavy atom. The molecule has 0 spiro atoms. The number of carbonyl (C=O) groups is 2. The number of rotatable bonds is 5. The molecule has 25 heavy (non-hydrogen) atoms. The van der Waals surface area contributed by atoms with Gasteiger partial charge in [-0.3, -0.25) is 9.59 Å². The predicted octanol–water partition coefficient (Wildman–Crippen LogP) is 2.62. The minimum atomic E-state index is -0.526. The van der Waals surface area contributed by atoms with Crippen LogP contribution in [0.1, 0.15) is 19.1 Å². The second-order valence-electron chi connectivity index (χ2n) is 5.28. The van der Waals surface area contributed by atoms with Gasteiger partial charge >= 0.3 is 0 Å². The van der Waals surface area contributed by atoms with Crippen LogP contribution in [0.5, 0.6) is 0 Å².